The molecule has 136 valence electrons. The van der Waals surface area contributed by atoms with Gasteiger partial charge in [-0.3, -0.25) is 9.59 Å². The quantitative estimate of drug-likeness (QED) is 0.360. The minimum atomic E-state index is 0.0881. The van der Waals surface area contributed by atoms with Crippen LogP contribution in [0.15, 0.2) is 0 Å². The Morgan fingerprint density at radius 2 is 0.957 bits per heavy atom. The van der Waals surface area contributed by atoms with Gasteiger partial charge in [0.2, 0.25) is 0 Å². The Balaban J connectivity index is 3.53. The first-order valence-corrected chi connectivity index (χ1v) is 10.8. The fourth-order valence-corrected chi connectivity index (χ4v) is 5.15. The van der Waals surface area contributed by atoms with Gasteiger partial charge in [0.15, 0.2) is 0 Å². The van der Waals surface area contributed by atoms with E-state index in [4.69, 9.17) is 0 Å². The lowest BCUT2D eigenvalue weighted by molar-refractivity contribution is -0.118. The SMILES string of the molecule is CC(=O)CC(C)(C)SCCCCCCCSC(C)(C)CC(C)=O. The van der Waals surface area contributed by atoms with Crippen LogP contribution in [0.25, 0.3) is 0 Å². The molecule has 0 saturated carbocycles. The van der Waals surface area contributed by atoms with Gasteiger partial charge < -0.3 is 0 Å². The molecule has 0 bridgehead atoms. The van der Waals surface area contributed by atoms with Crippen LogP contribution in [0.2, 0.25) is 0 Å². The summed E-state index contributed by atoms with van der Waals surface area (Å²) in [5.41, 5.74) is 0. The lowest BCUT2D eigenvalue weighted by atomic mass is 10.1. The Morgan fingerprint density at radius 1 is 0.652 bits per heavy atom. The molecule has 0 radical (unpaired) electrons. The van der Waals surface area contributed by atoms with Gasteiger partial charge in [0, 0.05) is 22.3 Å². The monoisotopic (exact) mass is 360 g/mol. The molecule has 0 aliphatic carbocycles. The van der Waals surface area contributed by atoms with Crippen molar-refractivity contribution in [3.05, 3.63) is 0 Å². The summed E-state index contributed by atoms with van der Waals surface area (Å²) in [6, 6.07) is 0. The van der Waals surface area contributed by atoms with Crippen molar-refractivity contribution in [1.82, 2.24) is 0 Å². The van der Waals surface area contributed by atoms with Crippen molar-refractivity contribution in [2.45, 2.75) is 96.0 Å². The van der Waals surface area contributed by atoms with Gasteiger partial charge in [-0.1, -0.05) is 47.0 Å². The molecule has 0 unspecified atom stereocenters. The first-order valence-electron chi connectivity index (χ1n) is 8.81. The second kappa shape index (κ2) is 11.6. The molecule has 0 spiro atoms. The number of hydrogen-bond acceptors (Lipinski definition) is 4. The summed E-state index contributed by atoms with van der Waals surface area (Å²) in [4.78, 5) is 22.4. The first kappa shape index (κ1) is 23.0. The minimum absolute atomic E-state index is 0.0881. The number of ketones is 2. The third-order valence-electron chi connectivity index (χ3n) is 3.62. The number of rotatable bonds is 14. The number of hydrogen-bond donors (Lipinski definition) is 0. The molecule has 0 N–H and O–H groups in total. The van der Waals surface area contributed by atoms with Crippen molar-refractivity contribution >= 4 is 35.1 Å². The molecular weight excluding hydrogens is 324 g/mol. The second-order valence-corrected chi connectivity index (χ2v) is 11.3. The summed E-state index contributed by atoms with van der Waals surface area (Å²) in [5, 5.41) is 0. The molecular formula is C19H36O2S2. The van der Waals surface area contributed by atoms with E-state index in [0.29, 0.717) is 12.8 Å². The van der Waals surface area contributed by atoms with Crippen LogP contribution in [0.4, 0.5) is 0 Å². The molecule has 0 atom stereocenters. The Bertz CT molecular complexity index is 328. The van der Waals surface area contributed by atoms with E-state index in [9.17, 15) is 9.59 Å². The van der Waals surface area contributed by atoms with E-state index in [1.165, 1.54) is 32.1 Å². The van der Waals surface area contributed by atoms with E-state index < -0.39 is 0 Å². The van der Waals surface area contributed by atoms with Crippen molar-refractivity contribution in [2.24, 2.45) is 0 Å². The molecule has 0 aromatic rings. The molecule has 23 heavy (non-hydrogen) atoms. The smallest absolute Gasteiger partial charge is 0.131 e. The number of thioether (sulfide) groups is 2. The predicted octanol–water partition coefficient (Wildman–Crippen LogP) is 5.92. The van der Waals surface area contributed by atoms with Crippen molar-refractivity contribution < 1.29 is 9.59 Å². The average Bonchev–Trinajstić information content (AvgIpc) is 2.33. The van der Waals surface area contributed by atoms with E-state index in [0.717, 1.165) is 11.5 Å². The molecule has 0 heterocycles. The standard InChI is InChI=1S/C19H36O2S2/c1-16(20)14-18(3,4)22-12-10-8-7-9-11-13-23-19(5,6)15-17(2)21/h7-15H2,1-6H3. The lowest BCUT2D eigenvalue weighted by Gasteiger charge is -2.22. The highest BCUT2D eigenvalue weighted by Gasteiger charge is 2.20. The summed E-state index contributed by atoms with van der Waals surface area (Å²) in [5.74, 6) is 2.88. The van der Waals surface area contributed by atoms with Crippen LogP contribution in [-0.2, 0) is 9.59 Å². The molecule has 4 heteroatoms. The molecule has 0 amide bonds. The maximum Gasteiger partial charge on any atom is 0.131 e. The van der Waals surface area contributed by atoms with Gasteiger partial charge in [0.05, 0.1) is 0 Å². The largest absolute Gasteiger partial charge is 0.300 e. The van der Waals surface area contributed by atoms with Gasteiger partial charge in [-0.2, -0.15) is 23.5 Å². The van der Waals surface area contributed by atoms with Gasteiger partial charge in [0.25, 0.3) is 0 Å². The molecule has 2 nitrogen and oxygen atoms in total. The first-order chi connectivity index (χ1) is 10.5. The van der Waals surface area contributed by atoms with Gasteiger partial charge in [-0.15, -0.1) is 0 Å². The second-order valence-electron chi connectivity index (χ2n) is 7.74. The van der Waals surface area contributed by atoms with Crippen molar-refractivity contribution in [3.8, 4) is 0 Å². The maximum atomic E-state index is 11.2. The summed E-state index contributed by atoms with van der Waals surface area (Å²) in [7, 11) is 0. The molecule has 0 aromatic carbocycles. The minimum Gasteiger partial charge on any atom is -0.300 e. The Labute approximate surface area is 152 Å². The zero-order chi connectivity index (χ0) is 17.9. The van der Waals surface area contributed by atoms with E-state index in [1.54, 1.807) is 13.8 Å². The van der Waals surface area contributed by atoms with Crippen LogP contribution in [0.1, 0.15) is 86.5 Å². The highest BCUT2D eigenvalue weighted by Crippen LogP contribution is 2.30. The Morgan fingerprint density at radius 3 is 1.26 bits per heavy atom. The normalized spacial score (nSPS) is 12.4. The number of carbonyl (C=O) groups is 2. The Hall–Kier alpha value is 0.0400. The van der Waals surface area contributed by atoms with Crippen LogP contribution >= 0.6 is 23.5 Å². The molecule has 0 aliphatic heterocycles. The van der Waals surface area contributed by atoms with E-state index >= 15 is 0 Å². The van der Waals surface area contributed by atoms with Crippen LogP contribution in [-0.4, -0.2) is 32.6 Å². The van der Waals surface area contributed by atoms with E-state index in [1.807, 2.05) is 23.5 Å². The lowest BCUT2D eigenvalue weighted by Crippen LogP contribution is -2.19. The third-order valence-corrected chi connectivity index (χ3v) is 6.46. The summed E-state index contributed by atoms with van der Waals surface area (Å²) < 4.78 is 0.176. The highest BCUT2D eigenvalue weighted by molar-refractivity contribution is 8.00. The third kappa shape index (κ3) is 15.3. The van der Waals surface area contributed by atoms with Gasteiger partial charge in [0.1, 0.15) is 11.6 Å². The average molecular weight is 361 g/mol. The number of unbranched alkanes of at least 4 members (excludes halogenated alkanes) is 4. The molecule has 0 aliphatic rings. The predicted molar refractivity (Wildman–Crippen MR) is 107 cm³/mol. The van der Waals surface area contributed by atoms with E-state index in [-0.39, 0.29) is 21.1 Å². The van der Waals surface area contributed by atoms with Gasteiger partial charge in [-0.05, 0) is 38.2 Å². The van der Waals surface area contributed by atoms with Crippen molar-refractivity contribution in [1.29, 1.82) is 0 Å². The molecule has 0 fully saturated rings. The van der Waals surface area contributed by atoms with Gasteiger partial charge in [-0.25, -0.2) is 0 Å². The van der Waals surface area contributed by atoms with Crippen LogP contribution in [0, 0.1) is 0 Å². The molecule has 0 rings (SSSR count). The maximum absolute atomic E-state index is 11.2. The summed E-state index contributed by atoms with van der Waals surface area (Å²) >= 11 is 3.85. The zero-order valence-electron chi connectivity index (χ0n) is 16.0. The number of Topliss-reactive ketones (excluding diaryl/α,β-unsaturated/α-hetero) is 2. The van der Waals surface area contributed by atoms with Crippen molar-refractivity contribution in [3.63, 3.8) is 0 Å². The van der Waals surface area contributed by atoms with Crippen molar-refractivity contribution in [2.75, 3.05) is 11.5 Å². The van der Waals surface area contributed by atoms with Gasteiger partial charge >= 0.3 is 0 Å². The summed E-state index contributed by atoms with van der Waals surface area (Å²) in [6.45, 7) is 12.0. The Kier molecular flexibility index (Phi) is 11.6. The molecule has 0 aromatic heterocycles. The number of carbonyl (C=O) groups excluding carboxylic acids is 2. The zero-order valence-corrected chi connectivity index (χ0v) is 17.6. The summed E-state index contributed by atoms with van der Waals surface area (Å²) in [6.07, 6.45) is 7.69. The topological polar surface area (TPSA) is 34.1 Å². The fraction of sp³-hybridized carbons (Fsp3) is 0.895. The molecule has 0 saturated heterocycles. The van der Waals surface area contributed by atoms with Crippen LogP contribution in [0.3, 0.4) is 0 Å². The fourth-order valence-electron chi connectivity index (χ4n) is 2.73. The highest BCUT2D eigenvalue weighted by atomic mass is 32.2. The van der Waals surface area contributed by atoms with Crippen LogP contribution in [0.5, 0.6) is 0 Å². The van der Waals surface area contributed by atoms with E-state index in [2.05, 4.69) is 27.7 Å². The van der Waals surface area contributed by atoms with Crippen LogP contribution < -0.4 is 0 Å².